The molecule has 0 fully saturated rings. The minimum atomic E-state index is -1.99. The number of pyridine rings is 1. The van der Waals surface area contributed by atoms with Gasteiger partial charge < -0.3 is 29.9 Å². The Morgan fingerprint density at radius 2 is 1.60 bits per heavy atom. The fourth-order valence-corrected chi connectivity index (χ4v) is 6.70. The minimum Gasteiger partial charge on any atom is -0.510 e. The molecule has 4 aliphatic rings. The standard InChI is InChI=1S/C27H17BrN2O10/c1-39-12-6-11(31)14-15(20(12)32)22(34)17-16(21(14)33)24(36)27(25(17)37)4-3-9-18(27)23(35)13-10(19(9)28)5-8(7-29-40-2)30-26(13)38/h5-7,35-37H,3-4H2,1-2H3,(H,30,38)/b29-7+/t27-/m0/s1. The number of H-pyrrole nitrogens is 1. The van der Waals surface area contributed by atoms with Crippen LogP contribution in [0.5, 0.6) is 11.5 Å². The van der Waals surface area contributed by atoms with E-state index in [1.54, 1.807) is 0 Å². The van der Waals surface area contributed by atoms with Crippen LogP contribution in [0.25, 0.3) is 22.3 Å². The average Bonchev–Trinajstić information content (AvgIpc) is 3.43. The smallest absolute Gasteiger partial charge is 0.260 e. The lowest BCUT2D eigenvalue weighted by Gasteiger charge is -2.27. The fraction of sp³-hybridized carbons (Fsp3) is 0.185. The SMILES string of the molecule is CO/N=C/c1cc2c(Br)c3c(c(O)c2c(=O)[nH]1)[C@@]1(CC3)C(O)=c2c(=O)c3c(=O)cc(OC)c(=O)c=3c(=O)c2=C1O. The van der Waals surface area contributed by atoms with E-state index in [2.05, 4.69) is 30.9 Å². The number of hydrogen-bond donors (Lipinski definition) is 4. The summed E-state index contributed by atoms with van der Waals surface area (Å²) in [5.74, 6) is -2.59. The van der Waals surface area contributed by atoms with Crippen LogP contribution in [0.2, 0.25) is 0 Å². The van der Waals surface area contributed by atoms with Gasteiger partial charge in [0.1, 0.15) is 29.8 Å². The Morgan fingerprint density at radius 3 is 2.23 bits per heavy atom. The molecule has 0 saturated carbocycles. The molecule has 0 unspecified atom stereocenters. The van der Waals surface area contributed by atoms with Crippen LogP contribution in [0.1, 0.15) is 23.2 Å². The first-order valence-corrected chi connectivity index (χ1v) is 12.5. The molecule has 0 amide bonds. The van der Waals surface area contributed by atoms with E-state index in [0.29, 0.717) is 15.4 Å². The molecule has 4 aliphatic carbocycles. The second kappa shape index (κ2) is 8.36. The molecule has 4 N–H and O–H groups in total. The van der Waals surface area contributed by atoms with Gasteiger partial charge in [-0.3, -0.25) is 24.0 Å². The first-order chi connectivity index (χ1) is 19.0. The predicted octanol–water partition coefficient (Wildman–Crippen LogP) is -0.744. The zero-order chi connectivity index (χ0) is 28.8. The lowest BCUT2D eigenvalue weighted by Crippen LogP contribution is -2.51. The summed E-state index contributed by atoms with van der Waals surface area (Å²) in [4.78, 5) is 73.0. The highest BCUT2D eigenvalue weighted by atomic mass is 79.9. The lowest BCUT2D eigenvalue weighted by atomic mass is 9.78. The number of halogens is 1. The Hall–Kier alpha value is -4.78. The molecule has 1 atom stereocenters. The Labute approximate surface area is 228 Å². The van der Waals surface area contributed by atoms with E-state index in [1.165, 1.54) is 19.4 Å². The summed E-state index contributed by atoms with van der Waals surface area (Å²) >= 11 is 3.47. The molecule has 12 nitrogen and oxygen atoms in total. The van der Waals surface area contributed by atoms with Crippen LogP contribution in [0, 0.1) is 10.4 Å². The van der Waals surface area contributed by atoms with E-state index in [1.807, 2.05) is 0 Å². The van der Waals surface area contributed by atoms with Crippen molar-refractivity contribution >= 4 is 44.4 Å². The first-order valence-electron chi connectivity index (χ1n) is 11.7. The average molecular weight is 609 g/mol. The second-order valence-corrected chi connectivity index (χ2v) is 10.2. The second-order valence-electron chi connectivity index (χ2n) is 9.44. The van der Waals surface area contributed by atoms with Crippen molar-refractivity contribution in [3.05, 3.63) is 106 Å². The summed E-state index contributed by atoms with van der Waals surface area (Å²) in [6, 6.07) is 2.31. The van der Waals surface area contributed by atoms with Crippen LogP contribution in [-0.2, 0) is 16.7 Å². The lowest BCUT2D eigenvalue weighted by molar-refractivity contribution is 0.215. The van der Waals surface area contributed by atoms with Gasteiger partial charge in [0.05, 0.1) is 45.3 Å². The highest BCUT2D eigenvalue weighted by Crippen LogP contribution is 2.56. The largest absolute Gasteiger partial charge is 0.510 e. The van der Waals surface area contributed by atoms with Crippen molar-refractivity contribution in [3.63, 3.8) is 0 Å². The number of aliphatic hydroxyl groups excluding tert-OH is 2. The molecule has 40 heavy (non-hydrogen) atoms. The summed E-state index contributed by atoms with van der Waals surface area (Å²) < 4.78 is 5.25. The van der Waals surface area contributed by atoms with Gasteiger partial charge in [0, 0.05) is 21.5 Å². The number of aromatic nitrogens is 1. The number of rotatable bonds is 3. The molecular formula is C27H17BrN2O10. The van der Waals surface area contributed by atoms with Gasteiger partial charge >= 0.3 is 0 Å². The summed E-state index contributed by atoms with van der Waals surface area (Å²) in [5.41, 5.74) is -6.39. The van der Waals surface area contributed by atoms with Crippen molar-refractivity contribution in [1.82, 2.24) is 4.98 Å². The number of aromatic hydroxyl groups is 1. The molecular weight excluding hydrogens is 592 g/mol. The van der Waals surface area contributed by atoms with Crippen LogP contribution in [0.3, 0.4) is 0 Å². The Kier molecular flexibility index (Phi) is 5.33. The normalized spacial score (nSPS) is 17.9. The van der Waals surface area contributed by atoms with Gasteiger partial charge in [-0.15, -0.1) is 0 Å². The molecule has 0 bridgehead atoms. The zero-order valence-electron chi connectivity index (χ0n) is 20.7. The molecule has 202 valence electrons. The number of phenols is 1. The number of fused-ring (bicyclic) bond motifs is 4. The summed E-state index contributed by atoms with van der Waals surface area (Å²) in [6.07, 6.45) is 1.27. The molecule has 0 aliphatic heterocycles. The molecule has 1 heterocycles. The van der Waals surface area contributed by atoms with Crippen molar-refractivity contribution in [2.75, 3.05) is 14.2 Å². The predicted molar refractivity (Wildman–Crippen MR) is 146 cm³/mol. The van der Waals surface area contributed by atoms with E-state index in [-0.39, 0.29) is 29.5 Å². The summed E-state index contributed by atoms with van der Waals surface area (Å²) in [7, 11) is 2.44. The van der Waals surface area contributed by atoms with Crippen LogP contribution in [0.15, 0.2) is 45.7 Å². The number of hydrogen-bond acceptors (Lipinski definition) is 11. The van der Waals surface area contributed by atoms with Gasteiger partial charge in [0.25, 0.3) is 5.56 Å². The van der Waals surface area contributed by atoms with Crippen molar-refractivity contribution in [1.29, 1.82) is 0 Å². The Morgan fingerprint density at radius 1 is 0.950 bits per heavy atom. The van der Waals surface area contributed by atoms with E-state index in [4.69, 9.17) is 4.74 Å². The van der Waals surface area contributed by atoms with Crippen LogP contribution in [-0.4, -0.2) is 40.7 Å². The molecule has 6 rings (SSSR count). The Balaban J connectivity index is 1.80. The number of nitrogens with zero attached hydrogens (tertiary/aromatic N) is 1. The molecule has 2 aromatic rings. The van der Waals surface area contributed by atoms with Crippen molar-refractivity contribution in [3.8, 4) is 11.5 Å². The van der Waals surface area contributed by atoms with Gasteiger partial charge in [0.2, 0.25) is 16.3 Å². The number of ether oxygens (including phenoxy) is 1. The van der Waals surface area contributed by atoms with Gasteiger partial charge in [-0.2, -0.15) is 0 Å². The van der Waals surface area contributed by atoms with Gasteiger partial charge in [-0.25, -0.2) is 0 Å². The molecule has 0 saturated heterocycles. The Bertz CT molecular complexity index is 2350. The van der Waals surface area contributed by atoms with Crippen LogP contribution < -0.4 is 42.4 Å². The maximum atomic E-state index is 13.6. The highest BCUT2D eigenvalue weighted by molar-refractivity contribution is 9.10. The number of phenolic OH excluding ortho intramolecular Hbond substituents is 1. The number of methoxy groups -OCH3 is 1. The van der Waals surface area contributed by atoms with E-state index < -0.39 is 76.6 Å². The molecule has 0 radical (unpaired) electrons. The number of benzene rings is 1. The van der Waals surface area contributed by atoms with E-state index in [0.717, 1.165) is 13.2 Å². The molecule has 13 heteroatoms. The van der Waals surface area contributed by atoms with Crippen LogP contribution >= 0.6 is 15.9 Å². The summed E-state index contributed by atoms with van der Waals surface area (Å²) in [6.45, 7) is 0. The maximum absolute atomic E-state index is 13.6. The third-order valence-corrected chi connectivity index (χ3v) is 8.58. The van der Waals surface area contributed by atoms with Crippen molar-refractivity contribution in [2.24, 2.45) is 5.16 Å². The van der Waals surface area contributed by atoms with Crippen molar-refractivity contribution < 1.29 is 24.9 Å². The van der Waals surface area contributed by atoms with Gasteiger partial charge in [0.15, 0.2) is 11.2 Å². The van der Waals surface area contributed by atoms with Gasteiger partial charge in [-0.1, -0.05) is 5.16 Å². The van der Waals surface area contributed by atoms with Crippen LogP contribution in [0.4, 0.5) is 0 Å². The van der Waals surface area contributed by atoms with E-state index in [9.17, 15) is 39.3 Å². The maximum Gasteiger partial charge on any atom is 0.260 e. The third kappa shape index (κ3) is 2.89. The summed E-state index contributed by atoms with van der Waals surface area (Å²) in [5, 5.41) is 35.4. The molecule has 1 aromatic heterocycles. The zero-order valence-corrected chi connectivity index (χ0v) is 22.3. The molecule has 1 spiro atoms. The fourth-order valence-electron chi connectivity index (χ4n) is 5.99. The topological polar surface area (TPSA) is 193 Å². The monoisotopic (exact) mass is 608 g/mol. The van der Waals surface area contributed by atoms with E-state index >= 15 is 0 Å². The number of aromatic amines is 1. The minimum absolute atomic E-state index is 0.0907. The quantitative estimate of drug-likeness (QED) is 0.170. The first kappa shape index (κ1) is 25.5. The number of oxime groups is 1. The number of nitrogens with one attached hydrogen (secondary N) is 1. The molecule has 1 aromatic carbocycles. The van der Waals surface area contributed by atoms with Gasteiger partial charge in [-0.05, 0) is 40.4 Å². The number of aliphatic hydroxyl groups is 2. The van der Waals surface area contributed by atoms with Crippen molar-refractivity contribution in [2.45, 2.75) is 18.3 Å². The highest BCUT2D eigenvalue weighted by Gasteiger charge is 2.53. The third-order valence-electron chi connectivity index (χ3n) is 7.67.